The van der Waals surface area contributed by atoms with E-state index in [1.165, 1.54) is 19.3 Å². The van der Waals surface area contributed by atoms with Crippen molar-refractivity contribution in [1.29, 1.82) is 0 Å². The molecule has 1 fully saturated rings. The van der Waals surface area contributed by atoms with Crippen molar-refractivity contribution in [3.63, 3.8) is 0 Å². The van der Waals surface area contributed by atoms with Crippen LogP contribution in [0.4, 0.5) is 0 Å². The molecule has 1 aromatic heterocycles. The van der Waals surface area contributed by atoms with Crippen LogP contribution in [-0.4, -0.2) is 30.0 Å². The highest BCUT2D eigenvalue weighted by Crippen LogP contribution is 2.32. The van der Waals surface area contributed by atoms with Gasteiger partial charge in [-0.3, -0.25) is 9.78 Å². The summed E-state index contributed by atoms with van der Waals surface area (Å²) in [4.78, 5) is 16.7. The van der Waals surface area contributed by atoms with Gasteiger partial charge in [-0.1, -0.05) is 26.2 Å². The number of ketones is 1. The molecule has 2 rings (SSSR count). The molecular weight excluding hydrogens is 264 g/mol. The molecule has 0 bridgehead atoms. The first-order valence-electron chi connectivity index (χ1n) is 7.99. The van der Waals surface area contributed by atoms with Crippen molar-refractivity contribution in [2.24, 2.45) is 0 Å². The largest absolute Gasteiger partial charge is 0.492 e. The van der Waals surface area contributed by atoms with Crippen molar-refractivity contribution in [1.82, 2.24) is 10.3 Å². The van der Waals surface area contributed by atoms with Crippen LogP contribution in [-0.2, 0) is 0 Å². The molecule has 1 aliphatic rings. The fourth-order valence-corrected chi connectivity index (χ4v) is 3.02. The predicted molar refractivity (Wildman–Crippen MR) is 83.8 cm³/mol. The third-order valence-electron chi connectivity index (χ3n) is 4.35. The van der Waals surface area contributed by atoms with Gasteiger partial charge < -0.3 is 10.1 Å². The summed E-state index contributed by atoms with van der Waals surface area (Å²) in [5.41, 5.74) is 0.624. The number of ether oxygens (including phenoxy) is 1. The lowest BCUT2D eigenvalue weighted by Gasteiger charge is -2.36. The van der Waals surface area contributed by atoms with E-state index in [0.717, 1.165) is 19.3 Å². The van der Waals surface area contributed by atoms with Crippen LogP contribution >= 0.6 is 0 Å². The van der Waals surface area contributed by atoms with Crippen LogP contribution in [0.1, 0.15) is 62.2 Å². The summed E-state index contributed by atoms with van der Waals surface area (Å²) in [5, 5.41) is 3.39. The average Bonchev–Trinajstić information content (AvgIpc) is 2.54. The first-order chi connectivity index (χ1) is 10.2. The van der Waals surface area contributed by atoms with E-state index in [0.29, 0.717) is 24.3 Å². The summed E-state index contributed by atoms with van der Waals surface area (Å²) in [6.07, 6.45) is 10.6. The minimum Gasteiger partial charge on any atom is -0.492 e. The number of aromatic nitrogens is 1. The molecule has 0 aliphatic heterocycles. The van der Waals surface area contributed by atoms with Gasteiger partial charge in [0.15, 0.2) is 5.78 Å². The SMILES string of the molecule is CCCOc1cncc(C(=O)CC2(NC)CCCCC2)c1. The van der Waals surface area contributed by atoms with Crippen LogP contribution in [0.5, 0.6) is 5.75 Å². The first-order valence-corrected chi connectivity index (χ1v) is 7.99. The van der Waals surface area contributed by atoms with Crippen molar-refractivity contribution in [3.8, 4) is 5.75 Å². The van der Waals surface area contributed by atoms with Gasteiger partial charge in [0.05, 0.1) is 12.8 Å². The Labute approximate surface area is 127 Å². The van der Waals surface area contributed by atoms with Crippen molar-refractivity contribution in [3.05, 3.63) is 24.0 Å². The molecule has 0 radical (unpaired) electrons. The third kappa shape index (κ3) is 4.27. The lowest BCUT2D eigenvalue weighted by molar-refractivity contribution is 0.0914. The lowest BCUT2D eigenvalue weighted by atomic mass is 9.77. The number of hydrogen-bond donors (Lipinski definition) is 1. The molecule has 1 N–H and O–H groups in total. The van der Waals surface area contributed by atoms with Crippen LogP contribution in [0.15, 0.2) is 18.5 Å². The van der Waals surface area contributed by atoms with Crippen LogP contribution in [0.3, 0.4) is 0 Å². The normalized spacial score (nSPS) is 17.4. The third-order valence-corrected chi connectivity index (χ3v) is 4.35. The molecule has 1 aromatic rings. The number of nitrogens with one attached hydrogen (secondary N) is 1. The number of carbonyl (C=O) groups is 1. The molecule has 0 spiro atoms. The second-order valence-electron chi connectivity index (χ2n) is 5.95. The maximum Gasteiger partial charge on any atom is 0.166 e. The van der Waals surface area contributed by atoms with Gasteiger partial charge in [-0.2, -0.15) is 0 Å². The van der Waals surface area contributed by atoms with Crippen molar-refractivity contribution in [2.75, 3.05) is 13.7 Å². The van der Waals surface area contributed by atoms with Crippen LogP contribution in [0.25, 0.3) is 0 Å². The van der Waals surface area contributed by atoms with Crippen LogP contribution < -0.4 is 10.1 Å². The van der Waals surface area contributed by atoms with E-state index in [1.54, 1.807) is 12.4 Å². The van der Waals surface area contributed by atoms with Crippen molar-refractivity contribution in [2.45, 2.75) is 57.4 Å². The fourth-order valence-electron chi connectivity index (χ4n) is 3.02. The van der Waals surface area contributed by atoms with Crippen LogP contribution in [0.2, 0.25) is 0 Å². The highest BCUT2D eigenvalue weighted by molar-refractivity contribution is 5.96. The van der Waals surface area contributed by atoms with E-state index >= 15 is 0 Å². The summed E-state index contributed by atoms with van der Waals surface area (Å²) in [5.74, 6) is 0.838. The molecule has 116 valence electrons. The maximum absolute atomic E-state index is 12.6. The number of nitrogens with zero attached hydrogens (tertiary/aromatic N) is 1. The molecule has 0 atom stereocenters. The number of hydrogen-bond acceptors (Lipinski definition) is 4. The molecule has 0 saturated heterocycles. The van der Waals surface area contributed by atoms with E-state index in [1.807, 2.05) is 13.1 Å². The van der Waals surface area contributed by atoms with E-state index < -0.39 is 0 Å². The summed E-state index contributed by atoms with van der Waals surface area (Å²) >= 11 is 0. The van der Waals surface area contributed by atoms with Crippen LogP contribution in [0, 0.1) is 0 Å². The van der Waals surface area contributed by atoms with Gasteiger partial charge in [0.25, 0.3) is 0 Å². The summed E-state index contributed by atoms with van der Waals surface area (Å²) in [6.45, 7) is 2.71. The lowest BCUT2D eigenvalue weighted by Crippen LogP contribution is -2.46. The number of Topliss-reactive ketones (excluding diaryl/α,β-unsaturated/α-hetero) is 1. The average molecular weight is 290 g/mol. The van der Waals surface area contributed by atoms with Gasteiger partial charge in [-0.25, -0.2) is 0 Å². The monoisotopic (exact) mass is 290 g/mol. The van der Waals surface area contributed by atoms with Gasteiger partial charge >= 0.3 is 0 Å². The first kappa shape index (κ1) is 16.0. The number of rotatable bonds is 7. The quantitative estimate of drug-likeness (QED) is 0.782. The molecule has 1 aliphatic carbocycles. The smallest absolute Gasteiger partial charge is 0.166 e. The van der Waals surface area contributed by atoms with E-state index in [2.05, 4.69) is 17.2 Å². The summed E-state index contributed by atoms with van der Waals surface area (Å²) in [6, 6.07) is 1.82. The molecule has 1 saturated carbocycles. The molecule has 0 unspecified atom stereocenters. The Morgan fingerprint density at radius 2 is 2.10 bits per heavy atom. The number of pyridine rings is 1. The minimum atomic E-state index is -0.0321. The summed E-state index contributed by atoms with van der Waals surface area (Å²) in [7, 11) is 1.97. The standard InChI is InChI=1S/C17H26N2O2/c1-3-9-21-15-10-14(12-19-13-15)16(20)11-17(18-2)7-5-4-6-8-17/h10,12-13,18H,3-9,11H2,1-2H3. The predicted octanol–water partition coefficient (Wildman–Crippen LogP) is 3.37. The maximum atomic E-state index is 12.6. The Bertz CT molecular complexity index is 468. The second kappa shape index (κ2) is 7.55. The van der Waals surface area contributed by atoms with E-state index in [-0.39, 0.29) is 11.3 Å². The fraction of sp³-hybridized carbons (Fsp3) is 0.647. The minimum absolute atomic E-state index is 0.0321. The molecule has 1 heterocycles. The Balaban J connectivity index is 2.05. The zero-order valence-corrected chi connectivity index (χ0v) is 13.2. The molecule has 4 nitrogen and oxygen atoms in total. The van der Waals surface area contributed by atoms with Gasteiger partial charge in [0.1, 0.15) is 5.75 Å². The van der Waals surface area contributed by atoms with Gasteiger partial charge in [0.2, 0.25) is 0 Å². The van der Waals surface area contributed by atoms with Crippen molar-refractivity contribution >= 4 is 5.78 Å². The van der Waals surface area contributed by atoms with E-state index in [4.69, 9.17) is 4.74 Å². The molecular formula is C17H26N2O2. The Morgan fingerprint density at radius 3 is 2.76 bits per heavy atom. The zero-order chi connectivity index (χ0) is 15.1. The highest BCUT2D eigenvalue weighted by Gasteiger charge is 2.32. The van der Waals surface area contributed by atoms with Gasteiger partial charge in [-0.05, 0) is 32.4 Å². The Hall–Kier alpha value is -1.42. The molecule has 21 heavy (non-hydrogen) atoms. The molecule has 0 aromatic carbocycles. The van der Waals surface area contributed by atoms with Crippen molar-refractivity contribution < 1.29 is 9.53 Å². The van der Waals surface area contributed by atoms with E-state index in [9.17, 15) is 4.79 Å². The highest BCUT2D eigenvalue weighted by atomic mass is 16.5. The molecule has 0 amide bonds. The molecule has 4 heteroatoms. The topological polar surface area (TPSA) is 51.2 Å². The van der Waals surface area contributed by atoms with Gasteiger partial charge in [0, 0.05) is 23.7 Å². The Kier molecular flexibility index (Phi) is 5.74. The number of carbonyl (C=O) groups excluding carboxylic acids is 1. The summed E-state index contributed by atoms with van der Waals surface area (Å²) < 4.78 is 5.56. The zero-order valence-electron chi connectivity index (χ0n) is 13.2. The Morgan fingerprint density at radius 1 is 1.33 bits per heavy atom. The van der Waals surface area contributed by atoms with Gasteiger partial charge in [-0.15, -0.1) is 0 Å². The second-order valence-corrected chi connectivity index (χ2v) is 5.95.